The van der Waals surface area contributed by atoms with Crippen LogP contribution in [0.1, 0.15) is 21.5 Å². The number of halogens is 1. The van der Waals surface area contributed by atoms with Crippen LogP contribution in [0.4, 0.5) is 10.1 Å². The summed E-state index contributed by atoms with van der Waals surface area (Å²) < 4.78 is 16.0. The quantitative estimate of drug-likeness (QED) is 0.340. The molecule has 4 aromatic rings. The molecule has 0 unspecified atom stereocenters. The fraction of sp³-hybridized carbons (Fsp3) is 0.231. The van der Waals surface area contributed by atoms with Gasteiger partial charge in [0.2, 0.25) is 0 Å². The van der Waals surface area contributed by atoms with Gasteiger partial charge in [-0.2, -0.15) is 0 Å². The van der Waals surface area contributed by atoms with Gasteiger partial charge in [-0.1, -0.05) is 30.3 Å². The highest BCUT2D eigenvalue weighted by molar-refractivity contribution is 5.93. The maximum Gasteiger partial charge on any atom is 0.274 e. The molecule has 1 amide bonds. The number of nitrogens with zero attached hydrogens (tertiary/aromatic N) is 4. The Bertz CT molecular complexity index is 1300. The minimum atomic E-state index is -0.528. The number of rotatable bonds is 6. The van der Waals surface area contributed by atoms with Gasteiger partial charge in [0.05, 0.1) is 11.9 Å². The Morgan fingerprint density at radius 1 is 1.00 bits per heavy atom. The predicted octanol–water partition coefficient (Wildman–Crippen LogP) is 3.66. The highest BCUT2D eigenvalue weighted by Gasteiger charge is 2.19. The van der Waals surface area contributed by atoms with Gasteiger partial charge in [-0.25, -0.2) is 14.9 Å². The zero-order valence-electron chi connectivity index (χ0n) is 18.7. The number of carbonyl (C=O) groups is 1. The molecule has 0 aliphatic carbocycles. The normalized spacial score (nSPS) is 14.5. The van der Waals surface area contributed by atoms with Crippen LogP contribution < -0.4 is 10.4 Å². The molecule has 2 aromatic heterocycles. The summed E-state index contributed by atoms with van der Waals surface area (Å²) in [5.41, 5.74) is 5.81. The molecule has 34 heavy (non-hydrogen) atoms. The van der Waals surface area contributed by atoms with Gasteiger partial charge in [0.25, 0.3) is 5.91 Å². The number of nitrogens with one attached hydrogen (secondary N) is 1. The Kier molecular flexibility index (Phi) is 6.24. The van der Waals surface area contributed by atoms with Gasteiger partial charge in [0.1, 0.15) is 11.5 Å². The third-order valence-electron chi connectivity index (χ3n) is 6.35. The van der Waals surface area contributed by atoms with E-state index >= 15 is 0 Å². The number of carbonyl (C=O) groups excluding carboxylic acids is 1. The Hall–Kier alpha value is -3.75. The number of hydrogen-bond acceptors (Lipinski definition) is 5. The molecule has 8 heteroatoms. The molecule has 0 atom stereocenters. The number of aromatic nitrogens is 2. The molecule has 0 bridgehead atoms. The van der Waals surface area contributed by atoms with Gasteiger partial charge >= 0.3 is 0 Å². The van der Waals surface area contributed by atoms with Crippen LogP contribution in [0.5, 0.6) is 0 Å². The lowest BCUT2D eigenvalue weighted by Gasteiger charge is -2.36. The van der Waals surface area contributed by atoms with Crippen LogP contribution in [0.15, 0.2) is 73.1 Å². The topological polar surface area (TPSA) is 73.6 Å². The van der Waals surface area contributed by atoms with E-state index in [1.807, 2.05) is 36.7 Å². The van der Waals surface area contributed by atoms with Gasteiger partial charge in [0.15, 0.2) is 0 Å². The van der Waals surface area contributed by atoms with E-state index in [0.29, 0.717) is 18.7 Å². The summed E-state index contributed by atoms with van der Waals surface area (Å²) in [7, 11) is 0. The van der Waals surface area contributed by atoms with E-state index in [9.17, 15) is 9.18 Å². The van der Waals surface area contributed by atoms with Crippen molar-refractivity contribution < 1.29 is 14.4 Å². The smallest absolute Gasteiger partial charge is 0.274 e. The van der Waals surface area contributed by atoms with Crippen LogP contribution in [0.2, 0.25) is 0 Å². The summed E-state index contributed by atoms with van der Waals surface area (Å²) in [4.78, 5) is 20.8. The molecule has 0 radical (unpaired) electrons. The first-order valence-corrected chi connectivity index (χ1v) is 11.3. The molecular formula is C26H26FN5O2. The zero-order valence-corrected chi connectivity index (χ0v) is 18.7. The molecule has 1 saturated heterocycles. The molecule has 2 aromatic carbocycles. The molecule has 0 spiro atoms. The molecule has 1 aliphatic heterocycles. The minimum absolute atomic E-state index is 0.143. The van der Waals surface area contributed by atoms with Gasteiger partial charge < -0.3 is 9.47 Å². The lowest BCUT2D eigenvalue weighted by atomic mass is 10.1. The number of pyridine rings is 1. The Morgan fingerprint density at radius 2 is 1.76 bits per heavy atom. The first kappa shape index (κ1) is 22.1. The predicted molar refractivity (Wildman–Crippen MR) is 128 cm³/mol. The van der Waals surface area contributed by atoms with Crippen LogP contribution in [-0.2, 0) is 13.1 Å². The fourth-order valence-electron chi connectivity index (χ4n) is 4.42. The average Bonchev–Trinajstić information content (AvgIpc) is 3.27. The van der Waals surface area contributed by atoms with E-state index in [0.717, 1.165) is 54.0 Å². The van der Waals surface area contributed by atoms with E-state index in [1.54, 1.807) is 23.7 Å². The summed E-state index contributed by atoms with van der Waals surface area (Å²) in [6.07, 6.45) is 3.93. The summed E-state index contributed by atoms with van der Waals surface area (Å²) in [5, 5.41) is 9.82. The molecule has 7 nitrogen and oxygen atoms in total. The van der Waals surface area contributed by atoms with E-state index in [4.69, 9.17) is 10.2 Å². The molecular weight excluding hydrogens is 433 g/mol. The third-order valence-corrected chi connectivity index (χ3v) is 6.35. The maximum atomic E-state index is 14.0. The van der Waals surface area contributed by atoms with Gasteiger partial charge in [0, 0.05) is 62.0 Å². The van der Waals surface area contributed by atoms with E-state index in [2.05, 4.69) is 26.5 Å². The molecule has 5 rings (SSSR count). The number of hydrogen-bond donors (Lipinski definition) is 2. The minimum Gasteiger partial charge on any atom is -0.368 e. The van der Waals surface area contributed by atoms with E-state index < -0.39 is 5.91 Å². The number of amides is 1. The Labute approximate surface area is 197 Å². The van der Waals surface area contributed by atoms with Crippen LogP contribution in [0.25, 0.3) is 11.0 Å². The van der Waals surface area contributed by atoms with Crippen LogP contribution >= 0.6 is 0 Å². The van der Waals surface area contributed by atoms with Crippen molar-refractivity contribution in [2.75, 3.05) is 31.1 Å². The van der Waals surface area contributed by atoms with Crippen molar-refractivity contribution in [3.8, 4) is 0 Å². The van der Waals surface area contributed by atoms with Crippen LogP contribution in [-0.4, -0.2) is 51.7 Å². The number of anilines is 1. The van der Waals surface area contributed by atoms with Gasteiger partial charge in [-0.05, 0) is 35.9 Å². The first-order valence-electron chi connectivity index (χ1n) is 11.3. The van der Waals surface area contributed by atoms with Crippen molar-refractivity contribution in [1.29, 1.82) is 0 Å². The lowest BCUT2D eigenvalue weighted by molar-refractivity contribution is 0.0706. The summed E-state index contributed by atoms with van der Waals surface area (Å²) in [6.45, 7) is 4.75. The van der Waals surface area contributed by atoms with Crippen molar-refractivity contribution >= 4 is 22.6 Å². The number of piperazine rings is 1. The van der Waals surface area contributed by atoms with Crippen LogP contribution in [0.3, 0.4) is 0 Å². The molecule has 1 aliphatic rings. The maximum absolute atomic E-state index is 14.0. The monoisotopic (exact) mass is 459 g/mol. The zero-order chi connectivity index (χ0) is 23.5. The van der Waals surface area contributed by atoms with E-state index in [-0.39, 0.29) is 5.82 Å². The van der Waals surface area contributed by atoms with Crippen LogP contribution in [0, 0.1) is 5.82 Å². The largest absolute Gasteiger partial charge is 0.368 e. The highest BCUT2D eigenvalue weighted by Crippen LogP contribution is 2.23. The Morgan fingerprint density at radius 3 is 2.50 bits per heavy atom. The second-order valence-corrected chi connectivity index (χ2v) is 8.54. The standard InChI is InChI=1S/C26H26FN5O2/c27-24-4-2-1-3-22(24)18-30-11-13-31(14-12-30)23-15-21-9-10-32(25(21)28-16-23)17-19-5-7-20(8-6-19)26(33)29-34/h1-10,15-16,34H,11-14,17-18H2,(H,29,33). The average molecular weight is 460 g/mol. The first-order chi connectivity index (χ1) is 16.6. The molecule has 0 saturated carbocycles. The Balaban J connectivity index is 1.23. The van der Waals surface area contributed by atoms with Crippen molar-refractivity contribution in [2.45, 2.75) is 13.1 Å². The lowest BCUT2D eigenvalue weighted by Crippen LogP contribution is -2.46. The molecule has 174 valence electrons. The van der Waals surface area contributed by atoms with Crippen molar-refractivity contribution in [1.82, 2.24) is 19.9 Å². The third kappa shape index (κ3) is 4.64. The fourth-order valence-corrected chi connectivity index (χ4v) is 4.42. The molecule has 3 heterocycles. The molecule has 1 fully saturated rings. The summed E-state index contributed by atoms with van der Waals surface area (Å²) in [6, 6.07) is 18.3. The van der Waals surface area contributed by atoms with E-state index in [1.165, 1.54) is 6.07 Å². The van der Waals surface area contributed by atoms with Crippen molar-refractivity contribution in [2.24, 2.45) is 0 Å². The number of fused-ring (bicyclic) bond motifs is 1. The highest BCUT2D eigenvalue weighted by atomic mass is 19.1. The summed E-state index contributed by atoms with van der Waals surface area (Å²) >= 11 is 0. The number of hydroxylamine groups is 1. The second-order valence-electron chi connectivity index (χ2n) is 8.54. The van der Waals surface area contributed by atoms with Gasteiger partial charge in [-0.15, -0.1) is 0 Å². The van der Waals surface area contributed by atoms with Crippen molar-refractivity contribution in [3.05, 3.63) is 95.6 Å². The molecule has 2 N–H and O–H groups in total. The van der Waals surface area contributed by atoms with Gasteiger partial charge in [-0.3, -0.25) is 14.9 Å². The summed E-state index contributed by atoms with van der Waals surface area (Å²) in [5.74, 6) is -0.670. The second kappa shape index (κ2) is 9.62. The van der Waals surface area contributed by atoms with Crippen molar-refractivity contribution in [3.63, 3.8) is 0 Å². The number of benzene rings is 2. The SMILES string of the molecule is O=C(NO)c1ccc(Cn2ccc3cc(N4CCN(Cc5ccccc5F)CC4)cnc32)cc1.